The topological polar surface area (TPSA) is 69.1 Å². The molecule has 1 aromatic rings. The number of rotatable bonds is 5. The van der Waals surface area contributed by atoms with Crippen LogP contribution in [0.1, 0.15) is 26.2 Å². The molecule has 1 unspecified atom stereocenters. The third-order valence-corrected chi connectivity index (χ3v) is 4.95. The molecule has 2 aliphatic rings. The van der Waals surface area contributed by atoms with Gasteiger partial charge in [0, 0.05) is 57.4 Å². The number of ether oxygens (including phenoxy) is 1. The number of hydrogen-bond acceptors (Lipinski definition) is 4. The smallest absolute Gasteiger partial charge is 0.191 e. The number of nitrogens with one attached hydrogen (secondary N) is 2. The third kappa shape index (κ3) is 5.99. The Morgan fingerprint density at radius 2 is 2.04 bits per heavy atom. The van der Waals surface area contributed by atoms with Gasteiger partial charge in [0.05, 0.1) is 12.1 Å². The maximum absolute atomic E-state index is 10.6. The molecule has 2 heterocycles. The van der Waals surface area contributed by atoms with Crippen LogP contribution in [0.5, 0.6) is 0 Å². The van der Waals surface area contributed by atoms with Crippen molar-refractivity contribution in [1.29, 1.82) is 0 Å². The van der Waals surface area contributed by atoms with Gasteiger partial charge in [0.25, 0.3) is 0 Å². The Kier molecular flexibility index (Phi) is 8.43. The molecule has 0 amide bonds. The lowest BCUT2D eigenvalue weighted by atomic mass is 9.95. The second-order valence-electron chi connectivity index (χ2n) is 6.94. The lowest BCUT2D eigenvalue weighted by Crippen LogP contribution is -2.46. The summed E-state index contributed by atoms with van der Waals surface area (Å²) in [7, 11) is 0. The van der Waals surface area contributed by atoms with Crippen molar-refractivity contribution in [2.24, 2.45) is 4.99 Å². The van der Waals surface area contributed by atoms with Crippen molar-refractivity contribution >= 4 is 35.6 Å². The van der Waals surface area contributed by atoms with Crippen LogP contribution in [0.15, 0.2) is 35.3 Å². The molecule has 3 N–H and O–H groups in total. The molecular formula is C19H31IN4O2. The van der Waals surface area contributed by atoms with Crippen LogP contribution in [0.2, 0.25) is 0 Å². The molecule has 0 radical (unpaired) electrons. The molecule has 1 atom stereocenters. The first-order valence-electron chi connectivity index (χ1n) is 9.33. The van der Waals surface area contributed by atoms with Crippen molar-refractivity contribution in [3.05, 3.63) is 30.3 Å². The average Bonchev–Trinajstić information content (AvgIpc) is 3.10. The first kappa shape index (κ1) is 21.2. The van der Waals surface area contributed by atoms with E-state index < -0.39 is 5.60 Å². The van der Waals surface area contributed by atoms with Crippen LogP contribution in [0.25, 0.3) is 0 Å². The predicted molar refractivity (Wildman–Crippen MR) is 117 cm³/mol. The molecule has 1 aromatic carbocycles. The van der Waals surface area contributed by atoms with E-state index >= 15 is 0 Å². The Morgan fingerprint density at radius 1 is 1.31 bits per heavy atom. The number of benzene rings is 1. The van der Waals surface area contributed by atoms with Crippen molar-refractivity contribution < 1.29 is 9.84 Å². The van der Waals surface area contributed by atoms with E-state index in [-0.39, 0.29) is 24.0 Å². The van der Waals surface area contributed by atoms with Crippen molar-refractivity contribution in [3.63, 3.8) is 0 Å². The number of aliphatic hydroxyl groups is 1. The molecule has 0 saturated carbocycles. The van der Waals surface area contributed by atoms with E-state index in [2.05, 4.69) is 51.7 Å². The Morgan fingerprint density at radius 3 is 2.73 bits per heavy atom. The van der Waals surface area contributed by atoms with Crippen LogP contribution in [-0.2, 0) is 4.74 Å². The molecule has 0 spiro atoms. The Balaban J connectivity index is 0.00000243. The Labute approximate surface area is 173 Å². The van der Waals surface area contributed by atoms with Gasteiger partial charge >= 0.3 is 0 Å². The van der Waals surface area contributed by atoms with Crippen LogP contribution in [-0.4, -0.2) is 62.1 Å². The molecule has 146 valence electrons. The van der Waals surface area contributed by atoms with Gasteiger partial charge < -0.3 is 25.4 Å². The summed E-state index contributed by atoms with van der Waals surface area (Å²) in [5.74, 6) is 0.794. The molecule has 0 aromatic heterocycles. The normalized spacial score (nSPS) is 22.6. The minimum absolute atomic E-state index is 0. The highest BCUT2D eigenvalue weighted by Crippen LogP contribution is 2.21. The standard InChI is InChI=1S/C19H30N4O2.HI/c1-2-20-18(21-15-19(24)9-12-25-13-10-19)22-16-8-11-23(14-16)17-6-4-3-5-7-17;/h3-7,16,24H,2,8-15H2,1H3,(H2,20,21,22);1H. The Bertz CT molecular complexity index is 564. The monoisotopic (exact) mass is 474 g/mol. The SMILES string of the molecule is CCNC(=NCC1(O)CCOCC1)NC1CCN(c2ccccc2)C1.I. The molecule has 2 fully saturated rings. The molecule has 26 heavy (non-hydrogen) atoms. The zero-order valence-electron chi connectivity index (χ0n) is 15.5. The number of guanidine groups is 1. The number of halogens is 1. The van der Waals surface area contributed by atoms with Gasteiger partial charge in [-0.1, -0.05) is 18.2 Å². The summed E-state index contributed by atoms with van der Waals surface area (Å²) in [4.78, 5) is 7.04. The van der Waals surface area contributed by atoms with E-state index in [0.29, 0.717) is 38.6 Å². The van der Waals surface area contributed by atoms with Gasteiger partial charge in [0.2, 0.25) is 0 Å². The maximum atomic E-state index is 10.6. The van der Waals surface area contributed by atoms with Gasteiger partial charge in [-0.25, -0.2) is 0 Å². The van der Waals surface area contributed by atoms with Crippen molar-refractivity contribution in [3.8, 4) is 0 Å². The molecule has 7 heteroatoms. The van der Waals surface area contributed by atoms with Crippen LogP contribution < -0.4 is 15.5 Å². The number of aliphatic imine (C=N–C) groups is 1. The largest absolute Gasteiger partial charge is 0.388 e. The number of anilines is 1. The summed E-state index contributed by atoms with van der Waals surface area (Å²) >= 11 is 0. The summed E-state index contributed by atoms with van der Waals surface area (Å²) in [5, 5.41) is 17.4. The molecule has 2 aliphatic heterocycles. The van der Waals surface area contributed by atoms with E-state index in [1.807, 2.05) is 6.07 Å². The second-order valence-corrected chi connectivity index (χ2v) is 6.94. The highest BCUT2D eigenvalue weighted by Gasteiger charge is 2.30. The maximum Gasteiger partial charge on any atom is 0.191 e. The first-order valence-corrected chi connectivity index (χ1v) is 9.33. The highest BCUT2D eigenvalue weighted by atomic mass is 127. The number of nitrogens with zero attached hydrogens (tertiary/aromatic N) is 2. The zero-order valence-corrected chi connectivity index (χ0v) is 17.8. The van der Waals surface area contributed by atoms with Crippen molar-refractivity contribution in [1.82, 2.24) is 10.6 Å². The third-order valence-electron chi connectivity index (χ3n) is 4.95. The van der Waals surface area contributed by atoms with Gasteiger partial charge in [0.1, 0.15) is 0 Å². The van der Waals surface area contributed by atoms with E-state index in [4.69, 9.17) is 4.74 Å². The number of para-hydroxylation sites is 1. The minimum atomic E-state index is -0.730. The molecule has 2 saturated heterocycles. The zero-order chi connectivity index (χ0) is 17.5. The van der Waals surface area contributed by atoms with Gasteiger partial charge in [-0.05, 0) is 25.5 Å². The van der Waals surface area contributed by atoms with Gasteiger partial charge in [0.15, 0.2) is 5.96 Å². The summed E-state index contributed by atoms with van der Waals surface area (Å²) in [6, 6.07) is 10.9. The second kappa shape index (κ2) is 10.3. The van der Waals surface area contributed by atoms with Gasteiger partial charge in [-0.3, -0.25) is 4.99 Å². The summed E-state index contributed by atoms with van der Waals surface area (Å²) in [6.07, 6.45) is 2.39. The fourth-order valence-corrected chi connectivity index (χ4v) is 3.40. The summed E-state index contributed by atoms with van der Waals surface area (Å²) < 4.78 is 5.34. The number of hydrogen-bond donors (Lipinski definition) is 3. The highest BCUT2D eigenvalue weighted by molar-refractivity contribution is 14.0. The lowest BCUT2D eigenvalue weighted by molar-refractivity contribution is -0.0566. The first-order chi connectivity index (χ1) is 12.2. The lowest BCUT2D eigenvalue weighted by Gasteiger charge is -2.30. The van der Waals surface area contributed by atoms with E-state index in [1.165, 1.54) is 5.69 Å². The van der Waals surface area contributed by atoms with Crippen LogP contribution in [0, 0.1) is 0 Å². The van der Waals surface area contributed by atoms with Crippen LogP contribution in [0.4, 0.5) is 5.69 Å². The average molecular weight is 474 g/mol. The summed E-state index contributed by atoms with van der Waals surface area (Å²) in [6.45, 7) is 6.53. The predicted octanol–water partition coefficient (Wildman–Crippen LogP) is 1.98. The van der Waals surface area contributed by atoms with Crippen molar-refractivity contribution in [2.45, 2.75) is 37.8 Å². The molecule has 6 nitrogen and oxygen atoms in total. The fraction of sp³-hybridized carbons (Fsp3) is 0.632. The molecule has 0 aliphatic carbocycles. The van der Waals surface area contributed by atoms with E-state index in [9.17, 15) is 5.11 Å². The Hall–Kier alpha value is -1.06. The van der Waals surface area contributed by atoms with Crippen LogP contribution in [0.3, 0.4) is 0 Å². The van der Waals surface area contributed by atoms with Gasteiger partial charge in [-0.2, -0.15) is 0 Å². The summed E-state index contributed by atoms with van der Waals surface area (Å²) in [5.41, 5.74) is 0.539. The fourth-order valence-electron chi connectivity index (χ4n) is 3.40. The van der Waals surface area contributed by atoms with Crippen LogP contribution >= 0.6 is 24.0 Å². The minimum Gasteiger partial charge on any atom is -0.388 e. The quantitative estimate of drug-likeness (QED) is 0.346. The molecular weight excluding hydrogens is 443 g/mol. The van der Waals surface area contributed by atoms with E-state index in [0.717, 1.165) is 32.0 Å². The van der Waals surface area contributed by atoms with Gasteiger partial charge in [-0.15, -0.1) is 24.0 Å². The molecule has 0 bridgehead atoms. The van der Waals surface area contributed by atoms with E-state index in [1.54, 1.807) is 0 Å². The van der Waals surface area contributed by atoms with Crippen molar-refractivity contribution in [2.75, 3.05) is 44.3 Å². The molecule has 3 rings (SSSR count).